The van der Waals surface area contributed by atoms with Crippen LogP contribution in [0.4, 0.5) is 17.2 Å². The van der Waals surface area contributed by atoms with Gasteiger partial charge in [-0.15, -0.1) is 0 Å². The molecule has 0 unspecified atom stereocenters. The molecule has 0 aliphatic carbocycles. The molecule has 6 heteroatoms. The summed E-state index contributed by atoms with van der Waals surface area (Å²) in [6.07, 6.45) is 1.41. The van der Waals surface area contributed by atoms with Gasteiger partial charge in [0.25, 0.3) is 0 Å². The first-order valence-electron chi connectivity index (χ1n) is 7.75. The van der Waals surface area contributed by atoms with Crippen LogP contribution in [-0.4, -0.2) is 14.9 Å². The first kappa shape index (κ1) is 14.9. The van der Waals surface area contributed by atoms with Gasteiger partial charge in [-0.2, -0.15) is 0 Å². The van der Waals surface area contributed by atoms with Crippen molar-refractivity contribution in [3.8, 4) is 11.3 Å². The summed E-state index contributed by atoms with van der Waals surface area (Å²) in [5.74, 6) is -0.192. The van der Waals surface area contributed by atoms with E-state index in [1.54, 1.807) is 12.1 Å². The lowest BCUT2D eigenvalue weighted by atomic mass is 10.1. The molecule has 4 aromatic rings. The Kier molecular flexibility index (Phi) is 3.63. The van der Waals surface area contributed by atoms with Crippen LogP contribution in [0.15, 0.2) is 72.9 Å². The molecule has 0 fully saturated rings. The number of benzene rings is 2. The van der Waals surface area contributed by atoms with E-state index in [0.717, 1.165) is 27.8 Å². The third-order valence-corrected chi connectivity index (χ3v) is 3.96. The Morgan fingerprint density at radius 3 is 2.56 bits per heavy atom. The Hall–Kier alpha value is -3.67. The molecule has 0 saturated heterocycles. The van der Waals surface area contributed by atoms with Crippen LogP contribution in [0.25, 0.3) is 22.2 Å². The largest absolute Gasteiger partial charge is 0.387 e. The number of para-hydroxylation sites is 1. The zero-order valence-electron chi connectivity index (χ0n) is 13.1. The van der Waals surface area contributed by atoms with E-state index in [1.165, 1.54) is 6.20 Å². The Labute approximate surface area is 143 Å². The molecule has 0 aliphatic heterocycles. The zero-order chi connectivity index (χ0) is 17.2. The van der Waals surface area contributed by atoms with E-state index in [-0.39, 0.29) is 5.82 Å². The van der Waals surface area contributed by atoms with E-state index in [9.17, 15) is 10.1 Å². The molecule has 6 nitrogen and oxygen atoms in total. The molecule has 0 amide bonds. The first-order chi connectivity index (χ1) is 12.2. The van der Waals surface area contributed by atoms with Gasteiger partial charge >= 0.3 is 5.82 Å². The minimum Gasteiger partial charge on any atom is -0.358 e. The summed E-state index contributed by atoms with van der Waals surface area (Å²) in [7, 11) is 0. The number of aromatic nitrogens is 2. The number of H-pyrrole nitrogens is 1. The van der Waals surface area contributed by atoms with Crippen molar-refractivity contribution in [2.45, 2.75) is 0 Å². The Morgan fingerprint density at radius 1 is 1.00 bits per heavy atom. The minimum atomic E-state index is -0.499. The topological polar surface area (TPSA) is 83.8 Å². The number of aromatic amines is 1. The summed E-state index contributed by atoms with van der Waals surface area (Å²) in [6, 6.07) is 21.2. The number of fused-ring (bicyclic) bond motifs is 1. The first-order valence-corrected chi connectivity index (χ1v) is 7.75. The summed E-state index contributed by atoms with van der Waals surface area (Å²) in [6.45, 7) is 0. The van der Waals surface area contributed by atoms with Crippen LogP contribution in [-0.2, 0) is 0 Å². The molecule has 2 N–H and O–H groups in total. The van der Waals surface area contributed by atoms with E-state index < -0.39 is 4.92 Å². The van der Waals surface area contributed by atoms with Gasteiger partial charge in [-0.3, -0.25) is 0 Å². The SMILES string of the molecule is O=[N+]([O-])c1ncccc1Nc1ccc(-c2cc3ccccc3[nH]2)cc1. The number of nitro groups is 1. The number of nitrogens with zero attached hydrogens (tertiary/aromatic N) is 2. The van der Waals surface area contributed by atoms with Crippen LogP contribution < -0.4 is 5.32 Å². The molecular formula is C19H14N4O2. The van der Waals surface area contributed by atoms with Crippen LogP contribution in [0, 0.1) is 10.1 Å². The summed E-state index contributed by atoms with van der Waals surface area (Å²) < 4.78 is 0. The van der Waals surface area contributed by atoms with Crippen molar-refractivity contribution in [3.63, 3.8) is 0 Å². The summed E-state index contributed by atoms with van der Waals surface area (Å²) in [4.78, 5) is 17.7. The molecule has 0 spiro atoms. The van der Waals surface area contributed by atoms with Crippen molar-refractivity contribution in [1.82, 2.24) is 9.97 Å². The molecule has 25 heavy (non-hydrogen) atoms. The Bertz CT molecular complexity index is 1020. The van der Waals surface area contributed by atoms with Crippen molar-refractivity contribution < 1.29 is 4.92 Å². The number of anilines is 2. The summed E-state index contributed by atoms with van der Waals surface area (Å²) in [5, 5.41) is 15.2. The van der Waals surface area contributed by atoms with Gasteiger partial charge in [-0.25, -0.2) is 0 Å². The molecule has 4 rings (SSSR count). The van der Waals surface area contributed by atoms with Crippen LogP contribution in [0.5, 0.6) is 0 Å². The van der Waals surface area contributed by atoms with Gasteiger partial charge in [-0.05, 0) is 51.9 Å². The molecule has 0 atom stereocenters. The molecule has 2 heterocycles. The predicted octanol–water partition coefficient (Wildman–Crippen LogP) is 4.88. The van der Waals surface area contributed by atoms with Crippen molar-refractivity contribution in [2.24, 2.45) is 0 Å². The molecule has 0 saturated carbocycles. The highest BCUT2D eigenvalue weighted by Gasteiger charge is 2.14. The fourth-order valence-electron chi connectivity index (χ4n) is 2.76. The van der Waals surface area contributed by atoms with Gasteiger partial charge in [0.1, 0.15) is 11.9 Å². The summed E-state index contributed by atoms with van der Waals surface area (Å²) >= 11 is 0. The Morgan fingerprint density at radius 2 is 1.80 bits per heavy atom. The number of hydrogen-bond donors (Lipinski definition) is 2. The molecule has 2 aromatic carbocycles. The average Bonchev–Trinajstić information content (AvgIpc) is 3.07. The maximum absolute atomic E-state index is 11.0. The van der Waals surface area contributed by atoms with Crippen molar-refractivity contribution >= 4 is 28.1 Å². The normalized spacial score (nSPS) is 10.7. The van der Waals surface area contributed by atoms with Crippen LogP contribution in [0.2, 0.25) is 0 Å². The summed E-state index contributed by atoms with van der Waals surface area (Å²) in [5.41, 5.74) is 4.29. The van der Waals surface area contributed by atoms with Gasteiger partial charge < -0.3 is 20.4 Å². The lowest BCUT2D eigenvalue weighted by molar-refractivity contribution is -0.388. The second-order valence-electron chi connectivity index (χ2n) is 5.60. The number of pyridine rings is 1. The van der Waals surface area contributed by atoms with E-state index in [4.69, 9.17) is 0 Å². The number of hydrogen-bond acceptors (Lipinski definition) is 4. The fourth-order valence-corrected chi connectivity index (χ4v) is 2.76. The lowest BCUT2D eigenvalue weighted by Crippen LogP contribution is -1.98. The highest BCUT2D eigenvalue weighted by atomic mass is 16.6. The molecule has 122 valence electrons. The fraction of sp³-hybridized carbons (Fsp3) is 0. The number of nitrogens with one attached hydrogen (secondary N) is 2. The highest BCUT2D eigenvalue weighted by Crippen LogP contribution is 2.28. The third-order valence-electron chi connectivity index (χ3n) is 3.96. The maximum atomic E-state index is 11.0. The van der Waals surface area contributed by atoms with Crippen LogP contribution >= 0.6 is 0 Å². The zero-order valence-corrected chi connectivity index (χ0v) is 13.1. The van der Waals surface area contributed by atoms with Crippen molar-refractivity contribution in [2.75, 3.05) is 5.32 Å². The third kappa shape index (κ3) is 2.92. The number of rotatable bonds is 4. The van der Waals surface area contributed by atoms with E-state index >= 15 is 0 Å². The van der Waals surface area contributed by atoms with Gasteiger partial charge in [-0.1, -0.05) is 30.3 Å². The van der Waals surface area contributed by atoms with Crippen LogP contribution in [0.1, 0.15) is 0 Å². The second-order valence-corrected chi connectivity index (χ2v) is 5.60. The average molecular weight is 330 g/mol. The van der Waals surface area contributed by atoms with E-state index in [1.807, 2.05) is 42.5 Å². The van der Waals surface area contributed by atoms with Gasteiger partial charge in [0.15, 0.2) is 0 Å². The minimum absolute atomic E-state index is 0.192. The second kappa shape index (κ2) is 6.09. The van der Waals surface area contributed by atoms with Gasteiger partial charge in [0, 0.05) is 22.3 Å². The van der Waals surface area contributed by atoms with Crippen molar-refractivity contribution in [1.29, 1.82) is 0 Å². The van der Waals surface area contributed by atoms with Crippen LogP contribution in [0.3, 0.4) is 0 Å². The smallest absolute Gasteiger partial charge is 0.358 e. The molecule has 0 radical (unpaired) electrons. The lowest BCUT2D eigenvalue weighted by Gasteiger charge is -2.07. The predicted molar refractivity (Wildman–Crippen MR) is 97.9 cm³/mol. The Balaban J connectivity index is 1.61. The quantitative estimate of drug-likeness (QED) is 0.412. The van der Waals surface area contributed by atoms with E-state index in [2.05, 4.69) is 27.4 Å². The van der Waals surface area contributed by atoms with Gasteiger partial charge in [0.2, 0.25) is 0 Å². The molecule has 0 bridgehead atoms. The van der Waals surface area contributed by atoms with E-state index in [0.29, 0.717) is 5.69 Å². The standard InChI is InChI=1S/C19H14N4O2/c24-23(25)19-17(6-3-11-20-19)21-15-9-7-13(8-10-15)18-12-14-4-1-2-5-16(14)22-18/h1-12,21-22H. The monoisotopic (exact) mass is 330 g/mol. The maximum Gasteiger partial charge on any atom is 0.387 e. The van der Waals surface area contributed by atoms with Crippen molar-refractivity contribution in [3.05, 3.63) is 83.0 Å². The molecular weight excluding hydrogens is 316 g/mol. The molecule has 0 aliphatic rings. The highest BCUT2D eigenvalue weighted by molar-refractivity contribution is 5.86. The molecule has 2 aromatic heterocycles. The van der Waals surface area contributed by atoms with Gasteiger partial charge in [0.05, 0.1) is 0 Å².